The molecule has 2 aromatic carbocycles. The number of carbonyl (C=O) groups is 2. The first-order valence-corrected chi connectivity index (χ1v) is 7.89. The molecule has 0 aliphatic carbocycles. The Morgan fingerprint density at radius 3 is 2.04 bits per heavy atom. The third-order valence-corrected chi connectivity index (χ3v) is 3.63. The van der Waals surface area contributed by atoms with Gasteiger partial charge in [0, 0.05) is 23.0 Å². The van der Waals surface area contributed by atoms with Gasteiger partial charge in [-0.2, -0.15) is 0 Å². The van der Waals surface area contributed by atoms with Gasteiger partial charge < -0.3 is 10.6 Å². The Morgan fingerprint density at radius 2 is 1.40 bits per heavy atom. The second-order valence-corrected chi connectivity index (χ2v) is 5.65. The van der Waals surface area contributed by atoms with Crippen LogP contribution in [0.2, 0.25) is 5.02 Å². The van der Waals surface area contributed by atoms with E-state index in [1.807, 2.05) is 6.07 Å². The molecule has 124 valence electrons. The third-order valence-electron chi connectivity index (χ3n) is 3.41. The standard InChI is InChI=1S/C19H14ClN3O2/c20-15-8-11-17(21-12-15)23-19(25)14-6-9-16(10-7-14)22-18(24)13-4-2-1-3-5-13/h1-12H,(H,22,24)(H,21,23,25). The van der Waals surface area contributed by atoms with E-state index in [1.54, 1.807) is 60.7 Å². The van der Waals surface area contributed by atoms with E-state index in [-0.39, 0.29) is 11.8 Å². The number of hydrogen-bond acceptors (Lipinski definition) is 3. The van der Waals surface area contributed by atoms with Crippen LogP contribution >= 0.6 is 11.6 Å². The van der Waals surface area contributed by atoms with Gasteiger partial charge in [0.2, 0.25) is 0 Å². The van der Waals surface area contributed by atoms with Crippen LogP contribution in [-0.4, -0.2) is 16.8 Å². The summed E-state index contributed by atoms with van der Waals surface area (Å²) in [5.74, 6) is -0.0882. The molecule has 2 amide bonds. The maximum Gasteiger partial charge on any atom is 0.256 e. The molecule has 0 saturated heterocycles. The number of anilines is 2. The Hall–Kier alpha value is -3.18. The van der Waals surface area contributed by atoms with E-state index in [0.29, 0.717) is 27.7 Å². The van der Waals surface area contributed by atoms with Crippen molar-refractivity contribution in [2.45, 2.75) is 0 Å². The molecule has 0 aliphatic heterocycles. The lowest BCUT2D eigenvalue weighted by atomic mass is 10.1. The fourth-order valence-electron chi connectivity index (χ4n) is 2.14. The highest BCUT2D eigenvalue weighted by Crippen LogP contribution is 2.14. The Bertz CT molecular complexity index is 879. The van der Waals surface area contributed by atoms with E-state index in [4.69, 9.17) is 11.6 Å². The minimum atomic E-state index is -0.296. The fraction of sp³-hybridized carbons (Fsp3) is 0. The summed E-state index contributed by atoms with van der Waals surface area (Å²) in [6, 6.07) is 18.8. The first kappa shape index (κ1) is 16.7. The van der Waals surface area contributed by atoms with Gasteiger partial charge in [-0.25, -0.2) is 4.98 Å². The zero-order valence-electron chi connectivity index (χ0n) is 13.1. The van der Waals surface area contributed by atoms with E-state index in [0.717, 1.165) is 0 Å². The molecule has 0 saturated carbocycles. The highest BCUT2D eigenvalue weighted by molar-refractivity contribution is 6.30. The lowest BCUT2D eigenvalue weighted by Crippen LogP contribution is -2.14. The number of benzene rings is 2. The van der Waals surface area contributed by atoms with Crippen LogP contribution in [-0.2, 0) is 0 Å². The molecule has 2 N–H and O–H groups in total. The average Bonchev–Trinajstić information content (AvgIpc) is 2.65. The normalized spacial score (nSPS) is 10.1. The molecule has 0 atom stereocenters. The predicted octanol–water partition coefficient (Wildman–Crippen LogP) is 4.24. The second kappa shape index (κ2) is 7.59. The zero-order valence-corrected chi connectivity index (χ0v) is 13.8. The van der Waals surface area contributed by atoms with Gasteiger partial charge in [0.1, 0.15) is 5.82 Å². The second-order valence-electron chi connectivity index (χ2n) is 5.21. The average molecular weight is 352 g/mol. The van der Waals surface area contributed by atoms with Crippen LogP contribution in [0, 0.1) is 0 Å². The quantitative estimate of drug-likeness (QED) is 0.738. The molecule has 1 heterocycles. The lowest BCUT2D eigenvalue weighted by Gasteiger charge is -2.07. The first-order valence-electron chi connectivity index (χ1n) is 7.51. The van der Waals surface area contributed by atoms with Gasteiger partial charge >= 0.3 is 0 Å². The molecule has 25 heavy (non-hydrogen) atoms. The summed E-state index contributed by atoms with van der Waals surface area (Å²) in [6.45, 7) is 0. The summed E-state index contributed by atoms with van der Waals surface area (Å²) in [6.07, 6.45) is 1.46. The van der Waals surface area contributed by atoms with Gasteiger partial charge in [0.25, 0.3) is 11.8 Å². The summed E-state index contributed by atoms with van der Waals surface area (Å²) in [5.41, 5.74) is 1.63. The smallest absolute Gasteiger partial charge is 0.256 e. The van der Waals surface area contributed by atoms with Crippen LogP contribution in [0.4, 0.5) is 11.5 Å². The van der Waals surface area contributed by atoms with Crippen LogP contribution in [0.3, 0.4) is 0 Å². The number of nitrogens with one attached hydrogen (secondary N) is 2. The van der Waals surface area contributed by atoms with Crippen molar-refractivity contribution in [1.82, 2.24) is 4.98 Å². The lowest BCUT2D eigenvalue weighted by molar-refractivity contribution is 0.101. The van der Waals surface area contributed by atoms with Crippen LogP contribution in [0.5, 0.6) is 0 Å². The van der Waals surface area contributed by atoms with E-state index in [9.17, 15) is 9.59 Å². The number of nitrogens with zero attached hydrogens (tertiary/aromatic N) is 1. The minimum absolute atomic E-state index is 0.205. The number of halogens is 1. The molecule has 0 bridgehead atoms. The highest BCUT2D eigenvalue weighted by atomic mass is 35.5. The molecule has 0 spiro atoms. The van der Waals surface area contributed by atoms with Crippen molar-refractivity contribution in [2.24, 2.45) is 0 Å². The van der Waals surface area contributed by atoms with Crippen LogP contribution in [0.1, 0.15) is 20.7 Å². The maximum absolute atomic E-state index is 12.2. The number of amides is 2. The maximum atomic E-state index is 12.2. The Balaban J connectivity index is 1.64. The molecule has 0 unspecified atom stereocenters. The minimum Gasteiger partial charge on any atom is -0.322 e. The first-order chi connectivity index (χ1) is 12.1. The van der Waals surface area contributed by atoms with E-state index >= 15 is 0 Å². The van der Waals surface area contributed by atoms with Gasteiger partial charge in [-0.05, 0) is 48.5 Å². The van der Waals surface area contributed by atoms with Crippen molar-refractivity contribution in [3.63, 3.8) is 0 Å². The summed E-state index contributed by atoms with van der Waals surface area (Å²) >= 11 is 5.76. The summed E-state index contributed by atoms with van der Waals surface area (Å²) in [5, 5.41) is 5.95. The topological polar surface area (TPSA) is 71.1 Å². The predicted molar refractivity (Wildman–Crippen MR) is 98.0 cm³/mol. The fourth-order valence-corrected chi connectivity index (χ4v) is 2.25. The van der Waals surface area contributed by atoms with Crippen LogP contribution in [0.25, 0.3) is 0 Å². The molecular formula is C19H14ClN3O2. The number of hydrogen-bond donors (Lipinski definition) is 2. The largest absolute Gasteiger partial charge is 0.322 e. The van der Waals surface area contributed by atoms with Crippen molar-refractivity contribution < 1.29 is 9.59 Å². The third kappa shape index (κ3) is 4.43. The summed E-state index contributed by atoms with van der Waals surface area (Å²) in [4.78, 5) is 28.3. The molecule has 0 radical (unpaired) electrons. The molecule has 3 aromatic rings. The molecule has 1 aromatic heterocycles. The molecule has 5 nitrogen and oxygen atoms in total. The van der Waals surface area contributed by atoms with Crippen molar-refractivity contribution in [2.75, 3.05) is 10.6 Å². The number of pyridine rings is 1. The zero-order chi connectivity index (χ0) is 17.6. The number of rotatable bonds is 4. The van der Waals surface area contributed by atoms with Crippen LogP contribution in [0.15, 0.2) is 72.9 Å². The highest BCUT2D eigenvalue weighted by Gasteiger charge is 2.08. The van der Waals surface area contributed by atoms with Gasteiger partial charge in [-0.1, -0.05) is 29.8 Å². The summed E-state index contributed by atoms with van der Waals surface area (Å²) < 4.78 is 0. The van der Waals surface area contributed by atoms with Gasteiger partial charge in [-0.3, -0.25) is 9.59 Å². The van der Waals surface area contributed by atoms with Crippen molar-refractivity contribution in [3.8, 4) is 0 Å². The Labute approximate surface area is 149 Å². The molecule has 0 aliphatic rings. The Morgan fingerprint density at radius 1 is 0.760 bits per heavy atom. The Kier molecular flexibility index (Phi) is 5.06. The van der Waals surface area contributed by atoms with Crippen LogP contribution < -0.4 is 10.6 Å². The number of aromatic nitrogens is 1. The van der Waals surface area contributed by atoms with E-state index < -0.39 is 0 Å². The number of carbonyl (C=O) groups excluding carboxylic acids is 2. The van der Waals surface area contributed by atoms with E-state index in [2.05, 4.69) is 15.6 Å². The van der Waals surface area contributed by atoms with Gasteiger partial charge in [0.15, 0.2) is 0 Å². The summed E-state index contributed by atoms with van der Waals surface area (Å²) in [7, 11) is 0. The monoisotopic (exact) mass is 351 g/mol. The van der Waals surface area contributed by atoms with Crippen molar-refractivity contribution in [1.29, 1.82) is 0 Å². The molecule has 3 rings (SSSR count). The van der Waals surface area contributed by atoms with Gasteiger partial charge in [0.05, 0.1) is 5.02 Å². The molecule has 0 fully saturated rings. The SMILES string of the molecule is O=C(Nc1ccc(C(=O)Nc2ccc(Cl)cn2)cc1)c1ccccc1. The van der Waals surface area contributed by atoms with Crippen molar-refractivity contribution >= 4 is 34.9 Å². The van der Waals surface area contributed by atoms with E-state index in [1.165, 1.54) is 6.20 Å². The van der Waals surface area contributed by atoms with Crippen molar-refractivity contribution in [3.05, 3.63) is 89.1 Å². The molecule has 6 heteroatoms. The molecular weight excluding hydrogens is 338 g/mol. The van der Waals surface area contributed by atoms with Gasteiger partial charge in [-0.15, -0.1) is 0 Å².